The number of aromatic carboxylic acids is 1. The van der Waals surface area contributed by atoms with Crippen molar-refractivity contribution in [2.75, 3.05) is 24.0 Å². The van der Waals surface area contributed by atoms with Gasteiger partial charge in [0, 0.05) is 20.2 Å². The van der Waals surface area contributed by atoms with Crippen molar-refractivity contribution in [1.82, 2.24) is 0 Å². The van der Waals surface area contributed by atoms with Gasteiger partial charge in [-0.2, -0.15) is 10.1 Å². The van der Waals surface area contributed by atoms with E-state index >= 15 is 0 Å². The lowest BCUT2D eigenvalue weighted by Gasteiger charge is -2.13. The molecule has 9 nitrogen and oxygen atoms in total. The fraction of sp³-hybridized carbons (Fsp3) is 0.150. The number of hydrazone groups is 1. The first-order chi connectivity index (χ1) is 13.7. The number of nitro benzene ring substituents is 1. The van der Waals surface area contributed by atoms with Crippen molar-refractivity contribution in [3.05, 3.63) is 69.3 Å². The third-order valence-electron chi connectivity index (χ3n) is 4.41. The van der Waals surface area contributed by atoms with Crippen LogP contribution in [-0.4, -0.2) is 41.7 Å². The van der Waals surface area contributed by atoms with Crippen LogP contribution in [0.4, 0.5) is 17.1 Å². The number of amides is 1. The number of hydrogen-bond donors (Lipinski definition) is 1. The summed E-state index contributed by atoms with van der Waals surface area (Å²) in [7, 11) is 3.43. The van der Waals surface area contributed by atoms with E-state index in [0.29, 0.717) is 28.2 Å². The molecule has 0 unspecified atom stereocenters. The molecule has 29 heavy (non-hydrogen) atoms. The Hall–Kier alpha value is -4.01. The number of carbonyl (C=O) groups excluding carboxylic acids is 1. The molecule has 0 atom stereocenters. The molecule has 2 aromatic carbocycles. The van der Waals surface area contributed by atoms with Gasteiger partial charge in [0.25, 0.3) is 11.6 Å². The van der Waals surface area contributed by atoms with Crippen molar-refractivity contribution in [3.63, 3.8) is 0 Å². The summed E-state index contributed by atoms with van der Waals surface area (Å²) in [6, 6.07) is 10.5. The standard InChI is InChI=1S/C20H18N4O5/c1-12-16(10-13-4-9-17(22(2)3)18(11-13)24(28)29)19(25)23(21-12)15-7-5-14(6-8-15)20(26)27/h4-11H,1-3H3,(H,26,27)/b16-10-. The van der Waals surface area contributed by atoms with Crippen LogP contribution in [0.5, 0.6) is 0 Å². The molecule has 9 heteroatoms. The van der Waals surface area contributed by atoms with Gasteiger partial charge < -0.3 is 10.0 Å². The number of anilines is 2. The minimum Gasteiger partial charge on any atom is -0.478 e. The van der Waals surface area contributed by atoms with Crippen molar-refractivity contribution < 1.29 is 19.6 Å². The van der Waals surface area contributed by atoms with Crippen molar-refractivity contribution in [1.29, 1.82) is 0 Å². The first-order valence-electron chi connectivity index (χ1n) is 8.60. The first-order valence-corrected chi connectivity index (χ1v) is 8.60. The molecule has 0 saturated heterocycles. The Morgan fingerprint density at radius 3 is 2.41 bits per heavy atom. The van der Waals surface area contributed by atoms with Crippen molar-refractivity contribution >= 4 is 40.7 Å². The lowest BCUT2D eigenvalue weighted by atomic mass is 10.1. The van der Waals surface area contributed by atoms with Crippen molar-refractivity contribution in [3.8, 4) is 0 Å². The summed E-state index contributed by atoms with van der Waals surface area (Å²) < 4.78 is 0. The summed E-state index contributed by atoms with van der Waals surface area (Å²) in [6.07, 6.45) is 1.55. The third kappa shape index (κ3) is 3.84. The van der Waals surface area contributed by atoms with Gasteiger partial charge >= 0.3 is 5.97 Å². The van der Waals surface area contributed by atoms with Gasteiger partial charge in [0.05, 0.1) is 27.5 Å². The van der Waals surface area contributed by atoms with Gasteiger partial charge in [0.1, 0.15) is 5.69 Å². The highest BCUT2D eigenvalue weighted by Crippen LogP contribution is 2.30. The van der Waals surface area contributed by atoms with Crippen LogP contribution >= 0.6 is 0 Å². The fourth-order valence-corrected chi connectivity index (χ4v) is 2.93. The van der Waals surface area contributed by atoms with E-state index in [-0.39, 0.29) is 11.3 Å². The number of carboxylic acid groups (broad SMARTS) is 1. The van der Waals surface area contributed by atoms with Gasteiger partial charge in [-0.05, 0) is 48.9 Å². The quantitative estimate of drug-likeness (QED) is 0.473. The van der Waals surface area contributed by atoms with E-state index < -0.39 is 16.8 Å². The van der Waals surface area contributed by atoms with Gasteiger partial charge in [0.2, 0.25) is 0 Å². The summed E-state index contributed by atoms with van der Waals surface area (Å²) in [5, 5.41) is 25.8. The summed E-state index contributed by atoms with van der Waals surface area (Å²) in [4.78, 5) is 36.3. The maximum Gasteiger partial charge on any atom is 0.335 e. The van der Waals surface area contributed by atoms with E-state index in [1.165, 1.54) is 35.3 Å². The number of carboxylic acids is 1. The summed E-state index contributed by atoms with van der Waals surface area (Å²) in [5.74, 6) is -1.46. The van der Waals surface area contributed by atoms with Crippen LogP contribution in [0.15, 0.2) is 53.1 Å². The predicted octanol–water partition coefficient (Wildman–Crippen LogP) is 3.17. The van der Waals surface area contributed by atoms with Crippen LogP contribution in [0.25, 0.3) is 6.08 Å². The Morgan fingerprint density at radius 2 is 1.86 bits per heavy atom. The summed E-state index contributed by atoms with van der Waals surface area (Å²) >= 11 is 0. The van der Waals surface area contributed by atoms with E-state index in [4.69, 9.17) is 5.11 Å². The number of hydrogen-bond acceptors (Lipinski definition) is 6. The summed E-state index contributed by atoms with van der Waals surface area (Å²) in [6.45, 7) is 1.66. The zero-order valence-electron chi connectivity index (χ0n) is 16.0. The fourth-order valence-electron chi connectivity index (χ4n) is 2.93. The Morgan fingerprint density at radius 1 is 1.21 bits per heavy atom. The Balaban J connectivity index is 1.94. The Labute approximate surface area is 166 Å². The number of nitrogens with zero attached hydrogens (tertiary/aromatic N) is 4. The molecule has 0 fully saturated rings. The third-order valence-corrected chi connectivity index (χ3v) is 4.41. The molecule has 0 bridgehead atoms. The number of rotatable bonds is 5. The van der Waals surface area contributed by atoms with E-state index in [1.807, 2.05) is 0 Å². The highest BCUT2D eigenvalue weighted by Gasteiger charge is 2.29. The lowest BCUT2D eigenvalue weighted by Crippen LogP contribution is -2.21. The van der Waals surface area contributed by atoms with E-state index in [2.05, 4.69) is 5.10 Å². The molecule has 3 rings (SSSR count). The van der Waals surface area contributed by atoms with Gasteiger partial charge in [-0.25, -0.2) is 4.79 Å². The van der Waals surface area contributed by atoms with E-state index in [1.54, 1.807) is 44.1 Å². The zero-order valence-corrected chi connectivity index (χ0v) is 16.0. The number of carbonyl (C=O) groups is 2. The highest BCUT2D eigenvalue weighted by molar-refractivity contribution is 6.32. The van der Waals surface area contributed by atoms with Crippen molar-refractivity contribution in [2.24, 2.45) is 5.10 Å². The molecule has 0 saturated carbocycles. The maximum absolute atomic E-state index is 12.8. The second-order valence-corrected chi connectivity index (χ2v) is 6.61. The second kappa shape index (κ2) is 7.55. The monoisotopic (exact) mass is 394 g/mol. The van der Waals surface area contributed by atoms with Crippen LogP contribution < -0.4 is 9.91 Å². The maximum atomic E-state index is 12.8. The highest BCUT2D eigenvalue weighted by atomic mass is 16.6. The molecule has 2 aromatic rings. The number of nitro groups is 1. The normalized spacial score (nSPS) is 14.9. The average Bonchev–Trinajstić information content (AvgIpc) is 2.96. The molecular weight excluding hydrogens is 376 g/mol. The van der Waals surface area contributed by atoms with Gasteiger partial charge in [-0.1, -0.05) is 6.07 Å². The van der Waals surface area contributed by atoms with Crippen LogP contribution in [0, 0.1) is 10.1 Å². The molecule has 0 radical (unpaired) electrons. The second-order valence-electron chi connectivity index (χ2n) is 6.61. The smallest absolute Gasteiger partial charge is 0.335 e. The van der Waals surface area contributed by atoms with Crippen LogP contribution in [-0.2, 0) is 4.79 Å². The molecule has 1 amide bonds. The molecule has 0 spiro atoms. The SMILES string of the molecule is CC1=NN(c2ccc(C(=O)O)cc2)C(=O)/C1=C\c1ccc(N(C)C)c([N+](=O)[O-])c1. The molecule has 1 aliphatic heterocycles. The molecule has 1 N–H and O–H groups in total. The minimum absolute atomic E-state index is 0.0643. The largest absolute Gasteiger partial charge is 0.478 e. The lowest BCUT2D eigenvalue weighted by molar-refractivity contribution is -0.384. The molecule has 0 aromatic heterocycles. The summed E-state index contributed by atoms with van der Waals surface area (Å²) in [5.41, 5.74) is 2.19. The van der Waals surface area contributed by atoms with Crippen LogP contribution in [0.3, 0.4) is 0 Å². The van der Waals surface area contributed by atoms with Gasteiger partial charge in [-0.15, -0.1) is 0 Å². The molecule has 148 valence electrons. The first kappa shape index (κ1) is 19.7. The van der Waals surface area contributed by atoms with Gasteiger partial charge in [0.15, 0.2) is 0 Å². The number of benzene rings is 2. The Bertz CT molecular complexity index is 1070. The van der Waals surface area contributed by atoms with E-state index in [9.17, 15) is 19.7 Å². The average molecular weight is 394 g/mol. The van der Waals surface area contributed by atoms with Crippen LogP contribution in [0.2, 0.25) is 0 Å². The molecule has 0 aliphatic carbocycles. The van der Waals surface area contributed by atoms with E-state index in [0.717, 1.165) is 0 Å². The van der Waals surface area contributed by atoms with Crippen molar-refractivity contribution in [2.45, 2.75) is 6.92 Å². The molecule has 1 heterocycles. The topological polar surface area (TPSA) is 116 Å². The Kier molecular flexibility index (Phi) is 5.14. The minimum atomic E-state index is -1.06. The predicted molar refractivity (Wildman–Crippen MR) is 109 cm³/mol. The zero-order chi connectivity index (χ0) is 21.3. The van der Waals surface area contributed by atoms with Crippen LogP contribution in [0.1, 0.15) is 22.8 Å². The molecular formula is C20H18N4O5. The van der Waals surface area contributed by atoms with Gasteiger partial charge in [-0.3, -0.25) is 14.9 Å². The molecule has 1 aliphatic rings.